The Balaban J connectivity index is 2.15. The molecule has 0 bridgehead atoms. The Kier molecular flexibility index (Phi) is 4.16. The van der Waals surface area contributed by atoms with Crippen LogP contribution in [0.25, 0.3) is 0 Å². The maximum atomic E-state index is 12.3. The molecule has 2 heterocycles. The molecule has 0 radical (unpaired) electrons. The molecule has 0 spiro atoms. The molecule has 1 aliphatic heterocycles. The SMILES string of the molecule is CCN(CC1CCCN1)C(=O)c1c[nH]c(=O)[nH]c1=O. The van der Waals surface area contributed by atoms with E-state index in [0.29, 0.717) is 13.1 Å². The van der Waals surface area contributed by atoms with Gasteiger partial charge in [0.1, 0.15) is 5.56 Å². The lowest BCUT2D eigenvalue weighted by Gasteiger charge is -2.24. The number of nitrogens with zero attached hydrogens (tertiary/aromatic N) is 1. The summed E-state index contributed by atoms with van der Waals surface area (Å²) in [6.07, 6.45) is 3.32. The van der Waals surface area contributed by atoms with E-state index in [9.17, 15) is 14.4 Å². The monoisotopic (exact) mass is 266 g/mol. The van der Waals surface area contributed by atoms with E-state index in [1.807, 2.05) is 6.92 Å². The molecule has 1 fully saturated rings. The number of hydrogen-bond donors (Lipinski definition) is 3. The summed E-state index contributed by atoms with van der Waals surface area (Å²) in [6.45, 7) is 3.94. The lowest BCUT2D eigenvalue weighted by molar-refractivity contribution is 0.0749. The van der Waals surface area contributed by atoms with Crippen LogP contribution in [0.4, 0.5) is 0 Å². The quantitative estimate of drug-likeness (QED) is 0.669. The fraction of sp³-hybridized carbons (Fsp3) is 0.583. The molecule has 1 atom stereocenters. The van der Waals surface area contributed by atoms with Gasteiger partial charge in [-0.05, 0) is 26.3 Å². The maximum absolute atomic E-state index is 12.3. The van der Waals surface area contributed by atoms with E-state index in [2.05, 4.69) is 15.3 Å². The number of H-pyrrole nitrogens is 2. The van der Waals surface area contributed by atoms with E-state index in [1.54, 1.807) is 4.90 Å². The standard InChI is InChI=1S/C12H18N4O3/c1-2-16(7-8-4-3-5-13-8)11(18)9-6-14-12(19)15-10(9)17/h6,8,13H,2-5,7H2,1H3,(H2,14,15,17,19). The predicted octanol–water partition coefficient (Wildman–Crippen LogP) is -0.723. The minimum Gasteiger partial charge on any atom is -0.337 e. The van der Waals surface area contributed by atoms with Crippen molar-refractivity contribution in [3.63, 3.8) is 0 Å². The first kappa shape index (κ1) is 13.5. The summed E-state index contributed by atoms with van der Waals surface area (Å²) in [5, 5.41) is 3.31. The zero-order chi connectivity index (χ0) is 13.8. The molecule has 0 saturated carbocycles. The molecular formula is C12H18N4O3. The Labute approximate surface area is 110 Å². The Bertz CT molecular complexity index is 557. The summed E-state index contributed by atoms with van der Waals surface area (Å²) < 4.78 is 0. The number of aromatic amines is 2. The van der Waals surface area contributed by atoms with Crippen molar-refractivity contribution in [3.8, 4) is 0 Å². The molecule has 1 aromatic rings. The second-order valence-electron chi connectivity index (χ2n) is 4.62. The van der Waals surface area contributed by atoms with E-state index in [0.717, 1.165) is 19.4 Å². The van der Waals surface area contributed by atoms with Crippen molar-refractivity contribution in [3.05, 3.63) is 32.6 Å². The Hall–Kier alpha value is -1.89. The molecule has 1 aliphatic rings. The van der Waals surface area contributed by atoms with E-state index in [1.165, 1.54) is 6.20 Å². The van der Waals surface area contributed by atoms with Crippen LogP contribution in [0.2, 0.25) is 0 Å². The first-order valence-electron chi connectivity index (χ1n) is 6.46. The van der Waals surface area contributed by atoms with Crippen LogP contribution in [-0.4, -0.2) is 46.5 Å². The van der Waals surface area contributed by atoms with Crippen molar-refractivity contribution in [2.24, 2.45) is 0 Å². The number of nitrogens with one attached hydrogen (secondary N) is 3. The zero-order valence-electron chi connectivity index (χ0n) is 10.9. The Morgan fingerprint density at radius 1 is 1.47 bits per heavy atom. The van der Waals surface area contributed by atoms with Gasteiger partial charge in [0.05, 0.1) is 0 Å². The highest BCUT2D eigenvalue weighted by molar-refractivity contribution is 5.93. The highest BCUT2D eigenvalue weighted by Crippen LogP contribution is 2.08. The fourth-order valence-electron chi connectivity index (χ4n) is 2.27. The molecular weight excluding hydrogens is 248 g/mol. The molecule has 7 heteroatoms. The smallest absolute Gasteiger partial charge is 0.325 e. The predicted molar refractivity (Wildman–Crippen MR) is 70.3 cm³/mol. The Morgan fingerprint density at radius 2 is 2.26 bits per heavy atom. The maximum Gasteiger partial charge on any atom is 0.325 e. The summed E-state index contributed by atoms with van der Waals surface area (Å²) in [6, 6.07) is 0.283. The molecule has 2 rings (SSSR count). The summed E-state index contributed by atoms with van der Waals surface area (Å²) in [7, 11) is 0. The molecule has 1 saturated heterocycles. The molecule has 3 N–H and O–H groups in total. The van der Waals surface area contributed by atoms with Gasteiger partial charge in [-0.3, -0.25) is 14.6 Å². The Morgan fingerprint density at radius 3 is 2.84 bits per heavy atom. The normalized spacial score (nSPS) is 18.5. The van der Waals surface area contributed by atoms with Crippen molar-refractivity contribution in [1.82, 2.24) is 20.2 Å². The highest BCUT2D eigenvalue weighted by Gasteiger charge is 2.23. The van der Waals surface area contributed by atoms with E-state index >= 15 is 0 Å². The van der Waals surface area contributed by atoms with Crippen LogP contribution < -0.4 is 16.6 Å². The average molecular weight is 266 g/mol. The second-order valence-corrected chi connectivity index (χ2v) is 4.62. The first-order valence-corrected chi connectivity index (χ1v) is 6.46. The van der Waals surface area contributed by atoms with Crippen LogP contribution in [-0.2, 0) is 0 Å². The van der Waals surface area contributed by atoms with Gasteiger partial charge in [0.2, 0.25) is 0 Å². The van der Waals surface area contributed by atoms with Gasteiger partial charge < -0.3 is 15.2 Å². The molecule has 19 heavy (non-hydrogen) atoms. The van der Waals surface area contributed by atoms with Crippen LogP contribution in [0.3, 0.4) is 0 Å². The molecule has 0 aliphatic carbocycles. The topological polar surface area (TPSA) is 98.1 Å². The number of carbonyl (C=O) groups is 1. The molecule has 7 nitrogen and oxygen atoms in total. The average Bonchev–Trinajstić information content (AvgIpc) is 2.88. The molecule has 0 aromatic carbocycles. The fourth-order valence-corrected chi connectivity index (χ4v) is 2.27. The van der Waals surface area contributed by atoms with Gasteiger partial charge in [0.25, 0.3) is 11.5 Å². The van der Waals surface area contributed by atoms with Crippen LogP contribution in [0.5, 0.6) is 0 Å². The van der Waals surface area contributed by atoms with Crippen LogP contribution >= 0.6 is 0 Å². The first-order chi connectivity index (χ1) is 9.11. The number of aromatic nitrogens is 2. The van der Waals surface area contributed by atoms with Crippen LogP contribution in [0, 0.1) is 0 Å². The van der Waals surface area contributed by atoms with E-state index in [4.69, 9.17) is 0 Å². The van der Waals surface area contributed by atoms with Crippen LogP contribution in [0.1, 0.15) is 30.1 Å². The molecule has 104 valence electrons. The highest BCUT2D eigenvalue weighted by atomic mass is 16.2. The third kappa shape index (κ3) is 3.11. The molecule has 1 amide bonds. The number of hydrogen-bond acceptors (Lipinski definition) is 4. The van der Waals surface area contributed by atoms with Crippen molar-refractivity contribution in [1.29, 1.82) is 0 Å². The second kappa shape index (κ2) is 5.83. The van der Waals surface area contributed by atoms with Crippen molar-refractivity contribution in [2.75, 3.05) is 19.6 Å². The minimum atomic E-state index is -0.647. The summed E-state index contributed by atoms with van der Waals surface area (Å²) in [4.78, 5) is 40.8. The van der Waals surface area contributed by atoms with Crippen molar-refractivity contribution >= 4 is 5.91 Å². The summed E-state index contributed by atoms with van der Waals surface area (Å²) in [5.74, 6) is -0.353. The number of likely N-dealkylation sites (N-methyl/N-ethyl adjacent to an activating group) is 1. The molecule has 1 aromatic heterocycles. The number of amides is 1. The van der Waals surface area contributed by atoms with E-state index in [-0.39, 0.29) is 17.5 Å². The third-order valence-electron chi connectivity index (χ3n) is 3.32. The van der Waals surface area contributed by atoms with Gasteiger partial charge in [-0.2, -0.15) is 0 Å². The summed E-state index contributed by atoms with van der Waals surface area (Å²) in [5.41, 5.74) is -1.28. The number of carbonyl (C=O) groups excluding carboxylic acids is 1. The van der Waals surface area contributed by atoms with Gasteiger partial charge in [-0.1, -0.05) is 0 Å². The zero-order valence-corrected chi connectivity index (χ0v) is 10.9. The lowest BCUT2D eigenvalue weighted by Crippen LogP contribution is -2.43. The molecule has 1 unspecified atom stereocenters. The van der Waals surface area contributed by atoms with Gasteiger partial charge in [-0.15, -0.1) is 0 Å². The van der Waals surface area contributed by atoms with Crippen molar-refractivity contribution in [2.45, 2.75) is 25.8 Å². The minimum absolute atomic E-state index is 0.0283. The van der Waals surface area contributed by atoms with Crippen LogP contribution in [0.15, 0.2) is 15.8 Å². The van der Waals surface area contributed by atoms with Gasteiger partial charge >= 0.3 is 5.69 Å². The van der Waals surface area contributed by atoms with Crippen molar-refractivity contribution < 1.29 is 4.79 Å². The van der Waals surface area contributed by atoms with Gasteiger partial charge in [0.15, 0.2) is 0 Å². The number of rotatable bonds is 4. The van der Waals surface area contributed by atoms with Gasteiger partial charge in [0, 0.05) is 25.3 Å². The summed E-state index contributed by atoms with van der Waals surface area (Å²) >= 11 is 0. The van der Waals surface area contributed by atoms with Gasteiger partial charge in [-0.25, -0.2) is 4.79 Å². The largest absolute Gasteiger partial charge is 0.337 e. The third-order valence-corrected chi connectivity index (χ3v) is 3.32. The van der Waals surface area contributed by atoms with E-state index < -0.39 is 11.2 Å². The lowest BCUT2D eigenvalue weighted by atomic mass is 10.2.